The second-order valence-electron chi connectivity index (χ2n) is 4.67. The molecule has 0 amide bonds. The van der Waals surface area contributed by atoms with Crippen LogP contribution in [0.1, 0.15) is 19.8 Å². The van der Waals surface area contributed by atoms with E-state index >= 15 is 0 Å². The molecule has 0 aliphatic carbocycles. The van der Waals surface area contributed by atoms with Crippen LogP contribution in [-0.2, 0) is 14.8 Å². The Morgan fingerprint density at radius 3 is 2.84 bits per heavy atom. The molecule has 1 saturated heterocycles. The molecule has 0 spiro atoms. The van der Waals surface area contributed by atoms with Crippen LogP contribution >= 0.6 is 0 Å². The van der Waals surface area contributed by atoms with Crippen molar-refractivity contribution in [1.29, 1.82) is 0 Å². The van der Waals surface area contributed by atoms with Gasteiger partial charge in [-0.3, -0.25) is 4.31 Å². The molecule has 0 radical (unpaired) electrons. The van der Waals surface area contributed by atoms with E-state index < -0.39 is 10.0 Å². The summed E-state index contributed by atoms with van der Waals surface area (Å²) in [5.41, 5.74) is 6.88. The van der Waals surface area contributed by atoms with Gasteiger partial charge in [0.2, 0.25) is 10.0 Å². The molecule has 106 valence electrons. The SMILES string of the molecule is CCN(c1cccc(N)c1)S(=O)(=O)CC1CCCO1. The van der Waals surface area contributed by atoms with Gasteiger partial charge in [-0.15, -0.1) is 0 Å². The smallest absolute Gasteiger partial charge is 0.237 e. The predicted octanol–water partition coefficient (Wildman–Crippen LogP) is 1.60. The van der Waals surface area contributed by atoms with Crippen molar-refractivity contribution in [2.24, 2.45) is 0 Å². The van der Waals surface area contributed by atoms with Crippen molar-refractivity contribution in [2.75, 3.05) is 28.9 Å². The average Bonchev–Trinajstić information content (AvgIpc) is 2.81. The molecule has 1 aromatic rings. The predicted molar refractivity (Wildman–Crippen MR) is 76.6 cm³/mol. The van der Waals surface area contributed by atoms with Crippen molar-refractivity contribution >= 4 is 21.4 Å². The van der Waals surface area contributed by atoms with E-state index in [4.69, 9.17) is 10.5 Å². The summed E-state index contributed by atoms with van der Waals surface area (Å²) in [6, 6.07) is 6.93. The number of nitrogens with zero attached hydrogens (tertiary/aromatic N) is 1. The first-order valence-electron chi connectivity index (χ1n) is 6.50. The van der Waals surface area contributed by atoms with Crippen LogP contribution < -0.4 is 10.0 Å². The third kappa shape index (κ3) is 3.39. The largest absolute Gasteiger partial charge is 0.399 e. The third-order valence-electron chi connectivity index (χ3n) is 3.20. The summed E-state index contributed by atoms with van der Waals surface area (Å²) in [7, 11) is -3.37. The highest BCUT2D eigenvalue weighted by Crippen LogP contribution is 2.23. The number of hydrogen-bond donors (Lipinski definition) is 1. The molecule has 6 heteroatoms. The second-order valence-corrected chi connectivity index (χ2v) is 6.61. The fourth-order valence-corrected chi connectivity index (χ4v) is 4.06. The number of hydrogen-bond acceptors (Lipinski definition) is 4. The van der Waals surface area contributed by atoms with Crippen LogP contribution in [-0.4, -0.2) is 33.4 Å². The van der Waals surface area contributed by atoms with Crippen LogP contribution in [0.4, 0.5) is 11.4 Å². The summed E-state index contributed by atoms with van der Waals surface area (Å²) in [6.45, 7) is 2.86. The molecule has 1 aliphatic heterocycles. The van der Waals surface area contributed by atoms with E-state index in [1.807, 2.05) is 6.92 Å². The summed E-state index contributed by atoms with van der Waals surface area (Å²) in [5.74, 6) is 0.0373. The highest BCUT2D eigenvalue weighted by Gasteiger charge is 2.28. The van der Waals surface area contributed by atoms with Gasteiger partial charge in [-0.05, 0) is 38.0 Å². The van der Waals surface area contributed by atoms with Gasteiger partial charge >= 0.3 is 0 Å². The molecule has 5 nitrogen and oxygen atoms in total. The lowest BCUT2D eigenvalue weighted by molar-refractivity contribution is 0.127. The van der Waals surface area contributed by atoms with Gasteiger partial charge in [-0.1, -0.05) is 6.07 Å². The average molecular weight is 284 g/mol. The maximum absolute atomic E-state index is 12.4. The highest BCUT2D eigenvalue weighted by atomic mass is 32.2. The zero-order chi connectivity index (χ0) is 13.9. The zero-order valence-corrected chi connectivity index (χ0v) is 11.9. The molecule has 1 fully saturated rings. The van der Waals surface area contributed by atoms with Crippen molar-refractivity contribution in [3.63, 3.8) is 0 Å². The van der Waals surface area contributed by atoms with Crippen molar-refractivity contribution < 1.29 is 13.2 Å². The summed E-state index contributed by atoms with van der Waals surface area (Å²) in [4.78, 5) is 0. The monoisotopic (exact) mass is 284 g/mol. The van der Waals surface area contributed by atoms with E-state index in [1.54, 1.807) is 24.3 Å². The van der Waals surface area contributed by atoms with Gasteiger partial charge in [0, 0.05) is 18.8 Å². The Morgan fingerprint density at radius 1 is 1.47 bits per heavy atom. The highest BCUT2D eigenvalue weighted by molar-refractivity contribution is 7.92. The Kier molecular flexibility index (Phi) is 4.31. The molecule has 2 N–H and O–H groups in total. The lowest BCUT2D eigenvalue weighted by Gasteiger charge is -2.24. The van der Waals surface area contributed by atoms with Crippen molar-refractivity contribution in [3.05, 3.63) is 24.3 Å². The quantitative estimate of drug-likeness (QED) is 0.834. The molecule has 1 heterocycles. The topological polar surface area (TPSA) is 72.6 Å². The number of rotatable bonds is 5. The second kappa shape index (κ2) is 5.79. The van der Waals surface area contributed by atoms with Gasteiger partial charge in [0.1, 0.15) is 0 Å². The number of sulfonamides is 1. The molecular weight excluding hydrogens is 264 g/mol. The number of nitrogen functional groups attached to an aromatic ring is 1. The van der Waals surface area contributed by atoms with Crippen LogP contribution in [0.2, 0.25) is 0 Å². The Morgan fingerprint density at radius 2 is 2.26 bits per heavy atom. The van der Waals surface area contributed by atoms with Crippen LogP contribution in [0.15, 0.2) is 24.3 Å². The molecule has 0 bridgehead atoms. The summed E-state index contributed by atoms with van der Waals surface area (Å²) >= 11 is 0. The fraction of sp³-hybridized carbons (Fsp3) is 0.538. The van der Waals surface area contributed by atoms with Crippen LogP contribution in [0.5, 0.6) is 0 Å². The molecular formula is C13H20N2O3S. The molecule has 2 rings (SSSR count). The molecule has 19 heavy (non-hydrogen) atoms. The first kappa shape index (κ1) is 14.1. The number of benzene rings is 1. The van der Waals surface area contributed by atoms with E-state index in [9.17, 15) is 8.42 Å². The van der Waals surface area contributed by atoms with Crippen molar-refractivity contribution in [1.82, 2.24) is 0 Å². The summed E-state index contributed by atoms with van der Waals surface area (Å²) < 4.78 is 31.7. The van der Waals surface area contributed by atoms with E-state index in [-0.39, 0.29) is 11.9 Å². The maximum atomic E-state index is 12.4. The summed E-state index contributed by atoms with van der Waals surface area (Å²) in [6.07, 6.45) is 1.57. The van der Waals surface area contributed by atoms with Crippen LogP contribution in [0.3, 0.4) is 0 Å². The first-order valence-corrected chi connectivity index (χ1v) is 8.11. The van der Waals surface area contributed by atoms with E-state index in [2.05, 4.69) is 0 Å². The molecule has 1 atom stereocenters. The molecule has 1 unspecified atom stereocenters. The van der Waals surface area contributed by atoms with Gasteiger partial charge in [0.15, 0.2) is 0 Å². The van der Waals surface area contributed by atoms with E-state index in [0.717, 1.165) is 12.8 Å². The van der Waals surface area contributed by atoms with Gasteiger partial charge in [0.25, 0.3) is 0 Å². The number of nitrogens with two attached hydrogens (primary N) is 1. The van der Waals surface area contributed by atoms with Gasteiger partial charge in [-0.2, -0.15) is 0 Å². The number of anilines is 2. The minimum atomic E-state index is -3.37. The standard InChI is InChI=1S/C13H20N2O3S/c1-2-15(12-6-3-5-11(14)9-12)19(16,17)10-13-7-4-8-18-13/h3,5-6,9,13H,2,4,7-8,10,14H2,1H3. The Bertz CT molecular complexity index is 524. The Balaban J connectivity index is 2.20. The fourth-order valence-electron chi connectivity index (χ4n) is 2.32. The van der Waals surface area contributed by atoms with Crippen LogP contribution in [0.25, 0.3) is 0 Å². The number of ether oxygens (including phenoxy) is 1. The minimum Gasteiger partial charge on any atom is -0.399 e. The lowest BCUT2D eigenvalue weighted by Crippen LogP contribution is -2.36. The third-order valence-corrected chi connectivity index (χ3v) is 5.14. The molecule has 0 aromatic heterocycles. The first-order chi connectivity index (χ1) is 9.03. The molecule has 1 aliphatic rings. The van der Waals surface area contributed by atoms with Crippen LogP contribution in [0, 0.1) is 0 Å². The van der Waals surface area contributed by atoms with Gasteiger partial charge in [0.05, 0.1) is 17.5 Å². The lowest BCUT2D eigenvalue weighted by atomic mass is 10.3. The van der Waals surface area contributed by atoms with E-state index in [0.29, 0.717) is 24.5 Å². The van der Waals surface area contributed by atoms with Crippen molar-refractivity contribution in [2.45, 2.75) is 25.9 Å². The Labute approximate surface area is 114 Å². The van der Waals surface area contributed by atoms with Crippen molar-refractivity contribution in [3.8, 4) is 0 Å². The van der Waals surface area contributed by atoms with Gasteiger partial charge in [-0.25, -0.2) is 8.42 Å². The maximum Gasteiger partial charge on any atom is 0.237 e. The molecule has 1 aromatic carbocycles. The minimum absolute atomic E-state index is 0.0373. The normalized spacial score (nSPS) is 19.5. The van der Waals surface area contributed by atoms with Gasteiger partial charge < -0.3 is 10.5 Å². The summed E-state index contributed by atoms with van der Waals surface area (Å²) in [5, 5.41) is 0. The van der Waals surface area contributed by atoms with E-state index in [1.165, 1.54) is 4.31 Å². The molecule has 0 saturated carbocycles. The zero-order valence-electron chi connectivity index (χ0n) is 11.1. The Hall–Kier alpha value is -1.27.